The van der Waals surface area contributed by atoms with Crippen LogP contribution in [0.15, 0.2) is 75.4 Å². The predicted molar refractivity (Wildman–Crippen MR) is 179 cm³/mol. The molecule has 7 nitrogen and oxygen atoms in total. The molecule has 43 heavy (non-hydrogen) atoms. The van der Waals surface area contributed by atoms with E-state index in [-0.39, 0.29) is 5.91 Å². The van der Waals surface area contributed by atoms with Gasteiger partial charge in [0.1, 0.15) is 5.75 Å². The summed E-state index contributed by atoms with van der Waals surface area (Å²) in [6.45, 7) is 2.49. The monoisotopic (exact) mass is 637 g/mol. The Morgan fingerprint density at radius 2 is 1.79 bits per heavy atom. The molecule has 228 valence electrons. The lowest BCUT2D eigenvalue weighted by Gasteiger charge is -2.47. The number of likely N-dealkylation sites (tertiary alicyclic amines) is 1. The smallest absolute Gasteiger partial charge is 0.268 e. The summed E-state index contributed by atoms with van der Waals surface area (Å²) in [5, 5.41) is 0. The average Bonchev–Trinajstić information content (AvgIpc) is 3.28. The van der Waals surface area contributed by atoms with E-state index in [0.29, 0.717) is 40.4 Å². The summed E-state index contributed by atoms with van der Waals surface area (Å²) in [5.41, 5.74) is 1.31. The maximum absolute atomic E-state index is 15.5. The van der Waals surface area contributed by atoms with E-state index in [9.17, 15) is 4.79 Å². The SMILES string of the molecule is C=S(=O)(c1ccc(SC)cc1SC)N1C(=O)C(c2ccccc2OC)(N2CCCC[C@H]2C(=O)N(C)C)c2cc(C)ccc21. The molecule has 2 heterocycles. The molecule has 1 fully saturated rings. The lowest BCUT2D eigenvalue weighted by atomic mass is 9.78. The maximum atomic E-state index is 15.5. The number of aryl methyl sites for hydroxylation is 1. The van der Waals surface area contributed by atoms with Crippen molar-refractivity contribution in [2.45, 2.75) is 52.5 Å². The van der Waals surface area contributed by atoms with Crippen LogP contribution in [-0.4, -0.2) is 78.0 Å². The zero-order valence-electron chi connectivity index (χ0n) is 25.6. The van der Waals surface area contributed by atoms with E-state index in [1.54, 1.807) is 37.9 Å². The van der Waals surface area contributed by atoms with Gasteiger partial charge in [-0.1, -0.05) is 42.3 Å². The van der Waals surface area contributed by atoms with Crippen molar-refractivity contribution in [3.05, 3.63) is 77.4 Å². The molecule has 5 rings (SSSR count). The van der Waals surface area contributed by atoms with Crippen LogP contribution in [0.1, 0.15) is 36.0 Å². The lowest BCUT2D eigenvalue weighted by molar-refractivity contribution is -0.142. The van der Waals surface area contributed by atoms with Gasteiger partial charge in [-0.05, 0) is 68.5 Å². The van der Waals surface area contributed by atoms with Crippen molar-refractivity contribution in [2.24, 2.45) is 0 Å². The Hall–Kier alpha value is -2.92. The van der Waals surface area contributed by atoms with Crippen molar-refractivity contribution < 1.29 is 18.5 Å². The fraction of sp³-hybridized carbons (Fsp3) is 0.364. The molecule has 2 aliphatic rings. The standard InChI is InChI=1S/C33H39N3O4S3/c1-22-15-17-26-25(20-22)33(24-12-8-9-14-28(24)40-4,35-19-11-10-13-27(35)31(37)34(2)3)32(38)36(26)43(7,39)30-18-16-23(41-5)21-29(30)42-6/h8-9,12,14-18,20-21,27H,7,10-11,13,19H2,1-6H3/t27-,33?,43?/m0/s1. The number of amides is 2. The Bertz CT molecular complexity index is 1670. The van der Waals surface area contributed by atoms with Gasteiger partial charge in [0.05, 0.1) is 33.4 Å². The second-order valence-corrected chi connectivity index (χ2v) is 14.9. The number of ether oxygens (including phenoxy) is 1. The Kier molecular flexibility index (Phi) is 8.96. The highest BCUT2D eigenvalue weighted by Crippen LogP contribution is 2.54. The number of nitrogens with zero attached hydrogens (tertiary/aromatic N) is 3. The largest absolute Gasteiger partial charge is 0.496 e. The molecule has 0 aromatic heterocycles. The van der Waals surface area contributed by atoms with E-state index >= 15 is 9.00 Å². The second-order valence-electron chi connectivity index (χ2n) is 11.1. The van der Waals surface area contributed by atoms with E-state index in [2.05, 4.69) is 5.87 Å². The van der Waals surface area contributed by atoms with E-state index in [4.69, 9.17) is 4.74 Å². The number of likely N-dealkylation sites (N-methyl/N-ethyl adjacent to an activating group) is 1. The number of fused-ring (bicyclic) bond motifs is 1. The van der Waals surface area contributed by atoms with Gasteiger partial charge in [0.25, 0.3) is 5.91 Å². The number of methoxy groups -OCH3 is 1. The summed E-state index contributed by atoms with van der Waals surface area (Å²) >= 11 is 3.08. The van der Waals surface area contributed by atoms with Gasteiger partial charge in [0.15, 0.2) is 5.54 Å². The summed E-state index contributed by atoms with van der Waals surface area (Å²) in [7, 11) is 1.70. The van der Waals surface area contributed by atoms with Crippen molar-refractivity contribution in [1.29, 1.82) is 0 Å². The number of thioether (sulfide) groups is 2. The highest BCUT2D eigenvalue weighted by molar-refractivity contribution is 8.04. The molecule has 0 spiro atoms. The number of rotatable bonds is 8. The maximum Gasteiger partial charge on any atom is 0.268 e. The number of piperidine rings is 1. The molecule has 0 aliphatic carbocycles. The molecule has 3 atom stereocenters. The first-order chi connectivity index (χ1) is 20.5. The average molecular weight is 638 g/mol. The van der Waals surface area contributed by atoms with Gasteiger partial charge in [-0.3, -0.25) is 14.5 Å². The van der Waals surface area contributed by atoms with Gasteiger partial charge in [0, 0.05) is 41.6 Å². The van der Waals surface area contributed by atoms with Crippen LogP contribution in [0, 0.1) is 6.92 Å². The minimum Gasteiger partial charge on any atom is -0.496 e. The van der Waals surface area contributed by atoms with Gasteiger partial charge in [-0.15, -0.1) is 23.5 Å². The molecular formula is C33H39N3O4S3. The minimum atomic E-state index is -3.38. The summed E-state index contributed by atoms with van der Waals surface area (Å²) in [5.74, 6) is 4.34. The number of carbonyl (C=O) groups excluding carboxylic acids is 2. The zero-order chi connectivity index (χ0) is 31.1. The van der Waals surface area contributed by atoms with E-state index in [0.717, 1.165) is 28.2 Å². The molecule has 2 unspecified atom stereocenters. The topological polar surface area (TPSA) is 70.2 Å². The number of hydrogen-bond donors (Lipinski definition) is 0. The van der Waals surface area contributed by atoms with E-state index in [1.807, 2.05) is 85.0 Å². The molecule has 3 aromatic rings. The van der Waals surface area contributed by atoms with Crippen molar-refractivity contribution in [3.63, 3.8) is 0 Å². The quantitative estimate of drug-likeness (QED) is 0.233. The number of hydrogen-bond acceptors (Lipinski definition) is 7. The zero-order valence-corrected chi connectivity index (χ0v) is 28.0. The lowest BCUT2D eigenvalue weighted by Crippen LogP contribution is -2.62. The summed E-state index contributed by atoms with van der Waals surface area (Å²) < 4.78 is 22.5. The first-order valence-corrected chi connectivity index (χ1v) is 18.3. The molecule has 2 aliphatic heterocycles. The molecule has 2 amide bonds. The van der Waals surface area contributed by atoms with Crippen LogP contribution in [0.4, 0.5) is 5.69 Å². The minimum absolute atomic E-state index is 0.0675. The molecule has 1 saturated heterocycles. The summed E-state index contributed by atoms with van der Waals surface area (Å²) in [4.78, 5) is 35.3. The normalized spacial score (nSPS) is 21.8. The molecular weight excluding hydrogens is 599 g/mol. The van der Waals surface area contributed by atoms with Crippen molar-refractivity contribution in [3.8, 4) is 5.75 Å². The highest BCUT2D eigenvalue weighted by atomic mass is 32.2. The van der Waals surface area contributed by atoms with Crippen molar-refractivity contribution in [1.82, 2.24) is 9.80 Å². The first-order valence-electron chi connectivity index (χ1n) is 14.2. The van der Waals surface area contributed by atoms with E-state index in [1.165, 1.54) is 16.1 Å². The molecule has 0 saturated carbocycles. The number of carbonyl (C=O) groups is 2. The predicted octanol–water partition coefficient (Wildman–Crippen LogP) is 5.67. The highest BCUT2D eigenvalue weighted by Gasteiger charge is 2.61. The first kappa shape index (κ1) is 31.5. The van der Waals surface area contributed by atoms with Gasteiger partial charge < -0.3 is 9.64 Å². The second kappa shape index (κ2) is 12.2. The van der Waals surface area contributed by atoms with Gasteiger partial charge in [-0.2, -0.15) is 0 Å². The Morgan fingerprint density at radius 1 is 1.05 bits per heavy atom. The van der Waals surface area contributed by atoms with Gasteiger partial charge in [0.2, 0.25) is 5.91 Å². The number of benzene rings is 3. The summed E-state index contributed by atoms with van der Waals surface area (Å²) in [6, 6.07) is 18.5. The van der Waals surface area contributed by atoms with E-state index < -0.39 is 27.2 Å². The molecule has 0 bridgehead atoms. The van der Waals surface area contributed by atoms with Crippen LogP contribution >= 0.6 is 23.5 Å². The Morgan fingerprint density at radius 3 is 2.47 bits per heavy atom. The number of para-hydroxylation sites is 1. The molecule has 10 heteroatoms. The van der Waals surface area contributed by atoms with Crippen LogP contribution in [0.3, 0.4) is 0 Å². The Balaban J connectivity index is 1.86. The van der Waals surface area contributed by atoms with Gasteiger partial charge >= 0.3 is 0 Å². The van der Waals surface area contributed by atoms with Crippen LogP contribution < -0.4 is 9.04 Å². The third-order valence-corrected chi connectivity index (χ3v) is 12.0. The molecule has 0 radical (unpaired) electrons. The van der Waals surface area contributed by atoms with Gasteiger partial charge in [-0.25, -0.2) is 8.51 Å². The summed E-state index contributed by atoms with van der Waals surface area (Å²) in [6.07, 6.45) is 6.22. The van der Waals surface area contributed by atoms with Crippen LogP contribution in [0.5, 0.6) is 5.75 Å². The fourth-order valence-electron chi connectivity index (χ4n) is 6.44. The van der Waals surface area contributed by atoms with Crippen molar-refractivity contribution >= 4 is 56.6 Å². The van der Waals surface area contributed by atoms with Crippen LogP contribution in [-0.2, 0) is 24.8 Å². The Labute approximate surface area is 264 Å². The third-order valence-electron chi connectivity index (χ3n) is 8.42. The number of anilines is 1. The molecule has 0 N–H and O–H groups in total. The third kappa shape index (κ3) is 5.06. The molecule has 3 aromatic carbocycles. The van der Waals surface area contributed by atoms with Crippen LogP contribution in [0.25, 0.3) is 0 Å². The fourth-order valence-corrected chi connectivity index (χ4v) is 9.84. The van der Waals surface area contributed by atoms with Crippen LogP contribution in [0.2, 0.25) is 0 Å². The van der Waals surface area contributed by atoms with Crippen molar-refractivity contribution in [2.75, 3.05) is 44.6 Å².